The lowest BCUT2D eigenvalue weighted by molar-refractivity contribution is 0.0696. The Bertz CT molecular complexity index is 833. The molecule has 3 N–H and O–H groups in total. The molecule has 0 saturated carbocycles. The quantitative estimate of drug-likeness (QED) is 0.716. The summed E-state index contributed by atoms with van der Waals surface area (Å²) in [4.78, 5) is 23.4. The van der Waals surface area contributed by atoms with Crippen molar-refractivity contribution < 1.29 is 9.90 Å². The summed E-state index contributed by atoms with van der Waals surface area (Å²) in [6.07, 6.45) is 2.76. The van der Waals surface area contributed by atoms with Crippen LogP contribution in [0.4, 0.5) is 5.69 Å². The van der Waals surface area contributed by atoms with Crippen molar-refractivity contribution in [3.05, 3.63) is 48.4 Å². The van der Waals surface area contributed by atoms with Crippen LogP contribution in [0.2, 0.25) is 0 Å². The Balaban J connectivity index is 2.01. The number of fused-ring (bicyclic) bond motifs is 1. The van der Waals surface area contributed by atoms with Gasteiger partial charge in [0.25, 0.3) is 0 Å². The highest BCUT2D eigenvalue weighted by Gasteiger charge is 2.11. The molecule has 0 radical (unpaired) electrons. The molecule has 6 nitrogen and oxygen atoms in total. The third-order valence-corrected chi connectivity index (χ3v) is 3.88. The van der Waals surface area contributed by atoms with Crippen LogP contribution in [-0.4, -0.2) is 26.0 Å². The fourth-order valence-corrected chi connectivity index (χ4v) is 2.67. The van der Waals surface area contributed by atoms with Gasteiger partial charge < -0.3 is 10.8 Å². The molecule has 0 aliphatic heterocycles. The number of nitrogen functional groups attached to an aromatic ring is 1. The number of aromatic carboxylic acids is 1. The molecule has 21 heavy (non-hydrogen) atoms. The maximum atomic E-state index is 10.9. The second-order valence-electron chi connectivity index (χ2n) is 4.22. The topological polar surface area (TPSA) is 102 Å². The van der Waals surface area contributed by atoms with E-state index in [1.54, 1.807) is 0 Å². The minimum atomic E-state index is -1.06. The summed E-state index contributed by atoms with van der Waals surface area (Å²) in [7, 11) is 0. The number of carbonyl (C=O) groups is 1. The van der Waals surface area contributed by atoms with E-state index in [9.17, 15) is 4.79 Å². The Labute approximate surface area is 124 Å². The molecule has 0 spiro atoms. The van der Waals surface area contributed by atoms with Crippen LogP contribution < -0.4 is 5.73 Å². The first-order valence-corrected chi connectivity index (χ1v) is 6.83. The molecule has 0 bridgehead atoms. The van der Waals surface area contributed by atoms with Crippen molar-refractivity contribution in [1.29, 1.82) is 0 Å². The number of carboxylic acid groups (broad SMARTS) is 1. The molecule has 7 heteroatoms. The normalized spacial score (nSPS) is 10.7. The number of rotatable bonds is 3. The molecule has 0 aliphatic carbocycles. The summed E-state index contributed by atoms with van der Waals surface area (Å²) < 4.78 is 0. The fourth-order valence-electron chi connectivity index (χ4n) is 1.82. The molecule has 0 fully saturated rings. The standard InChI is InChI=1S/C14H10N4O2S/c15-10-5-8(14(19)20)6-16-13(10)21-12-9-3-1-2-4-11(9)17-7-18-12/h1-7H,15H2,(H,19,20). The predicted octanol–water partition coefficient (Wildman–Crippen LogP) is 2.46. The van der Waals surface area contributed by atoms with Crippen molar-refractivity contribution in [2.24, 2.45) is 0 Å². The Morgan fingerprint density at radius 2 is 1.95 bits per heavy atom. The summed E-state index contributed by atoms with van der Waals surface area (Å²) in [6, 6.07) is 9.00. The molecule has 0 atom stereocenters. The van der Waals surface area contributed by atoms with E-state index in [0.29, 0.717) is 10.7 Å². The highest BCUT2D eigenvalue weighted by Crippen LogP contribution is 2.32. The van der Waals surface area contributed by atoms with Gasteiger partial charge >= 0.3 is 5.97 Å². The largest absolute Gasteiger partial charge is 0.478 e. The predicted molar refractivity (Wildman–Crippen MR) is 79.3 cm³/mol. The molecule has 2 heterocycles. The zero-order chi connectivity index (χ0) is 14.8. The van der Waals surface area contributed by atoms with Crippen LogP contribution in [0.1, 0.15) is 10.4 Å². The maximum absolute atomic E-state index is 10.9. The lowest BCUT2D eigenvalue weighted by Crippen LogP contribution is -2.01. The van der Waals surface area contributed by atoms with E-state index in [1.165, 1.54) is 30.4 Å². The molecule has 0 unspecified atom stereocenters. The Morgan fingerprint density at radius 1 is 1.14 bits per heavy atom. The first-order valence-electron chi connectivity index (χ1n) is 6.01. The number of hydrogen-bond acceptors (Lipinski definition) is 6. The molecular formula is C14H10N4O2S. The maximum Gasteiger partial charge on any atom is 0.337 e. The van der Waals surface area contributed by atoms with Crippen molar-refractivity contribution in [2.45, 2.75) is 10.1 Å². The molecule has 3 rings (SSSR count). The Hall–Kier alpha value is -2.67. The Kier molecular flexibility index (Phi) is 3.41. The van der Waals surface area contributed by atoms with Gasteiger partial charge in [0.15, 0.2) is 0 Å². The molecule has 0 saturated heterocycles. The van der Waals surface area contributed by atoms with Crippen molar-refractivity contribution in [1.82, 2.24) is 15.0 Å². The smallest absolute Gasteiger partial charge is 0.337 e. The van der Waals surface area contributed by atoms with Crippen molar-refractivity contribution in [2.75, 3.05) is 5.73 Å². The highest BCUT2D eigenvalue weighted by molar-refractivity contribution is 7.99. The van der Waals surface area contributed by atoms with Gasteiger partial charge in [0.1, 0.15) is 16.4 Å². The minimum absolute atomic E-state index is 0.0596. The summed E-state index contributed by atoms with van der Waals surface area (Å²) in [6.45, 7) is 0. The number of hydrogen-bond donors (Lipinski definition) is 2. The van der Waals surface area contributed by atoms with Gasteiger partial charge in [-0.1, -0.05) is 18.2 Å². The fraction of sp³-hybridized carbons (Fsp3) is 0. The van der Waals surface area contributed by atoms with E-state index < -0.39 is 5.97 Å². The second-order valence-corrected chi connectivity index (χ2v) is 5.20. The van der Waals surface area contributed by atoms with Crippen molar-refractivity contribution >= 4 is 34.3 Å². The van der Waals surface area contributed by atoms with Crippen molar-refractivity contribution in [3.8, 4) is 0 Å². The van der Waals surface area contributed by atoms with Gasteiger partial charge in [0.2, 0.25) is 0 Å². The summed E-state index contributed by atoms with van der Waals surface area (Å²) >= 11 is 1.28. The summed E-state index contributed by atoms with van der Waals surface area (Å²) in [5, 5.41) is 11.0. The van der Waals surface area contributed by atoms with E-state index in [-0.39, 0.29) is 5.56 Å². The van der Waals surface area contributed by atoms with Crippen LogP contribution in [0.3, 0.4) is 0 Å². The number of aromatic nitrogens is 3. The van der Waals surface area contributed by atoms with Crippen LogP contribution in [0.25, 0.3) is 10.9 Å². The monoisotopic (exact) mass is 298 g/mol. The van der Waals surface area contributed by atoms with E-state index >= 15 is 0 Å². The number of anilines is 1. The van der Waals surface area contributed by atoms with Gasteiger partial charge in [-0.05, 0) is 23.9 Å². The summed E-state index contributed by atoms with van der Waals surface area (Å²) in [5.74, 6) is -1.06. The molecule has 0 amide bonds. The molecular weight excluding hydrogens is 288 g/mol. The lowest BCUT2D eigenvalue weighted by Gasteiger charge is -2.06. The molecule has 104 valence electrons. The van der Waals surface area contributed by atoms with Crippen LogP contribution in [0, 0.1) is 0 Å². The number of carboxylic acids is 1. The van der Waals surface area contributed by atoms with Crippen LogP contribution in [-0.2, 0) is 0 Å². The van der Waals surface area contributed by atoms with Gasteiger partial charge in [-0.2, -0.15) is 0 Å². The van der Waals surface area contributed by atoms with E-state index in [1.807, 2.05) is 24.3 Å². The third kappa shape index (κ3) is 2.63. The first kappa shape index (κ1) is 13.3. The van der Waals surface area contributed by atoms with Gasteiger partial charge in [-0.25, -0.2) is 19.7 Å². The highest BCUT2D eigenvalue weighted by atomic mass is 32.2. The minimum Gasteiger partial charge on any atom is -0.478 e. The number of para-hydroxylation sites is 1. The van der Waals surface area contributed by atoms with Crippen molar-refractivity contribution in [3.63, 3.8) is 0 Å². The first-order chi connectivity index (χ1) is 10.1. The Morgan fingerprint density at radius 3 is 2.71 bits per heavy atom. The van der Waals surface area contributed by atoms with Crippen LogP contribution in [0.15, 0.2) is 52.9 Å². The zero-order valence-electron chi connectivity index (χ0n) is 10.7. The SMILES string of the molecule is Nc1cc(C(=O)O)cnc1Sc1ncnc2ccccc12. The third-order valence-electron chi connectivity index (χ3n) is 2.83. The van der Waals surface area contributed by atoms with E-state index in [4.69, 9.17) is 10.8 Å². The average molecular weight is 298 g/mol. The molecule has 2 aromatic heterocycles. The van der Waals surface area contributed by atoms with Crippen LogP contribution in [0.5, 0.6) is 0 Å². The zero-order valence-corrected chi connectivity index (χ0v) is 11.5. The summed E-state index contributed by atoms with van der Waals surface area (Å²) in [5.41, 5.74) is 7.06. The van der Waals surface area contributed by atoms with Gasteiger partial charge in [-0.3, -0.25) is 0 Å². The molecule has 3 aromatic rings. The lowest BCUT2D eigenvalue weighted by atomic mass is 10.2. The average Bonchev–Trinajstić information content (AvgIpc) is 2.49. The molecule has 1 aromatic carbocycles. The van der Waals surface area contributed by atoms with E-state index in [2.05, 4.69) is 15.0 Å². The number of benzene rings is 1. The van der Waals surface area contributed by atoms with Gasteiger partial charge in [0, 0.05) is 11.6 Å². The van der Waals surface area contributed by atoms with Crippen LogP contribution >= 0.6 is 11.8 Å². The van der Waals surface area contributed by atoms with Gasteiger partial charge in [0.05, 0.1) is 16.8 Å². The number of pyridine rings is 1. The van der Waals surface area contributed by atoms with E-state index in [0.717, 1.165) is 15.9 Å². The second kappa shape index (κ2) is 5.37. The molecule has 0 aliphatic rings. The van der Waals surface area contributed by atoms with Gasteiger partial charge in [-0.15, -0.1) is 0 Å². The number of nitrogens with two attached hydrogens (primary N) is 1. The number of nitrogens with zero attached hydrogens (tertiary/aromatic N) is 3.